The van der Waals surface area contributed by atoms with Gasteiger partial charge in [0, 0.05) is 0 Å². The molecule has 0 radical (unpaired) electrons. The highest BCUT2D eigenvalue weighted by Crippen LogP contribution is 2.73. The first kappa shape index (κ1) is 11.7. The normalized spacial score (nSPS) is 34.8. The highest BCUT2D eigenvalue weighted by molar-refractivity contribution is 7.60. The molecule has 2 rings (SSSR count). The van der Waals surface area contributed by atoms with Crippen molar-refractivity contribution in [2.75, 3.05) is 6.61 Å². The summed E-state index contributed by atoms with van der Waals surface area (Å²) in [5, 5.41) is 3.36. The number of rotatable bonds is 0. The SMILES string of the molecule is CC1(C)CO[P+]2(N1)OC(C)(C)C(C)(C)O2. The molecule has 1 N–H and O–H groups in total. The van der Waals surface area contributed by atoms with Gasteiger partial charge >= 0.3 is 8.09 Å². The van der Waals surface area contributed by atoms with Crippen molar-refractivity contribution in [3.63, 3.8) is 0 Å². The Morgan fingerprint density at radius 2 is 1.40 bits per heavy atom. The Labute approximate surface area is 92.3 Å². The van der Waals surface area contributed by atoms with Crippen LogP contribution in [0.25, 0.3) is 0 Å². The van der Waals surface area contributed by atoms with Gasteiger partial charge in [-0.1, -0.05) is 0 Å². The Kier molecular flexibility index (Phi) is 2.30. The molecule has 0 aliphatic carbocycles. The van der Waals surface area contributed by atoms with Crippen molar-refractivity contribution in [1.29, 1.82) is 0 Å². The van der Waals surface area contributed by atoms with E-state index in [2.05, 4.69) is 18.9 Å². The summed E-state index contributed by atoms with van der Waals surface area (Å²) in [6.45, 7) is 13.0. The quantitative estimate of drug-likeness (QED) is 0.654. The molecule has 4 nitrogen and oxygen atoms in total. The van der Waals surface area contributed by atoms with Crippen molar-refractivity contribution in [2.45, 2.75) is 58.3 Å². The van der Waals surface area contributed by atoms with Gasteiger partial charge in [-0.15, -0.1) is 5.09 Å². The van der Waals surface area contributed by atoms with Crippen LogP contribution in [0.15, 0.2) is 0 Å². The maximum atomic E-state index is 6.00. The molecule has 0 aromatic heterocycles. The van der Waals surface area contributed by atoms with E-state index >= 15 is 0 Å². The molecule has 0 saturated carbocycles. The zero-order valence-electron chi connectivity index (χ0n) is 10.4. The van der Waals surface area contributed by atoms with E-state index in [1.54, 1.807) is 0 Å². The summed E-state index contributed by atoms with van der Waals surface area (Å²) in [5.41, 5.74) is -0.716. The molecule has 2 fully saturated rings. The summed E-state index contributed by atoms with van der Waals surface area (Å²) in [5.74, 6) is 0. The number of nitrogens with one attached hydrogen (secondary N) is 1. The molecule has 2 aliphatic rings. The van der Waals surface area contributed by atoms with Gasteiger partial charge < -0.3 is 0 Å². The van der Waals surface area contributed by atoms with Gasteiger partial charge in [-0.25, -0.2) is 0 Å². The summed E-state index contributed by atoms with van der Waals surface area (Å²) in [6, 6.07) is 0. The Hall–Kier alpha value is 0.270. The average molecular weight is 234 g/mol. The van der Waals surface area contributed by atoms with Crippen molar-refractivity contribution < 1.29 is 13.6 Å². The lowest BCUT2D eigenvalue weighted by molar-refractivity contribution is 0.00578. The molecular weight excluding hydrogens is 213 g/mol. The third kappa shape index (κ3) is 1.83. The molecule has 15 heavy (non-hydrogen) atoms. The molecule has 2 aliphatic heterocycles. The molecule has 0 aromatic rings. The van der Waals surface area contributed by atoms with Crippen LogP contribution in [-0.4, -0.2) is 23.3 Å². The predicted molar refractivity (Wildman–Crippen MR) is 60.4 cm³/mol. The largest absolute Gasteiger partial charge is 0.503 e. The molecular formula is C10H21NO3P+. The Balaban J connectivity index is 2.23. The van der Waals surface area contributed by atoms with Crippen LogP contribution in [0.5, 0.6) is 0 Å². The van der Waals surface area contributed by atoms with Crippen LogP contribution < -0.4 is 5.09 Å². The van der Waals surface area contributed by atoms with Gasteiger partial charge in [0.2, 0.25) is 0 Å². The Morgan fingerprint density at radius 3 is 1.73 bits per heavy atom. The highest BCUT2D eigenvalue weighted by atomic mass is 31.2. The maximum Gasteiger partial charge on any atom is 0.503 e. The van der Waals surface area contributed by atoms with Gasteiger partial charge in [-0.2, -0.15) is 13.6 Å². The first-order chi connectivity index (χ1) is 6.58. The van der Waals surface area contributed by atoms with Gasteiger partial charge in [0.15, 0.2) is 0 Å². The monoisotopic (exact) mass is 234 g/mol. The van der Waals surface area contributed by atoms with Crippen LogP contribution in [0.4, 0.5) is 0 Å². The summed E-state index contributed by atoms with van der Waals surface area (Å²) in [7, 11) is -2.31. The van der Waals surface area contributed by atoms with E-state index in [9.17, 15) is 0 Å². The van der Waals surface area contributed by atoms with E-state index < -0.39 is 8.09 Å². The van der Waals surface area contributed by atoms with E-state index in [0.717, 1.165) is 0 Å². The maximum absolute atomic E-state index is 6.00. The lowest BCUT2D eigenvalue weighted by Gasteiger charge is -2.24. The minimum atomic E-state index is -2.31. The molecule has 2 heterocycles. The van der Waals surface area contributed by atoms with E-state index in [1.165, 1.54) is 0 Å². The van der Waals surface area contributed by atoms with Crippen molar-refractivity contribution in [3.8, 4) is 0 Å². The summed E-state index contributed by atoms with van der Waals surface area (Å²) < 4.78 is 17.8. The lowest BCUT2D eigenvalue weighted by Crippen LogP contribution is -2.41. The molecule has 0 unspecified atom stereocenters. The predicted octanol–water partition coefficient (Wildman–Crippen LogP) is 2.67. The second-order valence-corrected chi connectivity index (χ2v) is 7.81. The minimum absolute atomic E-state index is 0.0652. The fraction of sp³-hybridized carbons (Fsp3) is 1.00. The fourth-order valence-electron chi connectivity index (χ4n) is 1.62. The van der Waals surface area contributed by atoms with Crippen molar-refractivity contribution in [2.24, 2.45) is 0 Å². The number of hydrogen-bond donors (Lipinski definition) is 1. The van der Waals surface area contributed by atoms with Gasteiger partial charge in [0.1, 0.15) is 17.8 Å². The standard InChI is InChI=1S/C10H21NO3P/c1-8(2)7-12-15(11-8)13-9(3,4)10(5,6)14-15/h11H,7H2,1-6H3/q+1. The van der Waals surface area contributed by atoms with Crippen molar-refractivity contribution >= 4 is 8.09 Å². The molecule has 0 bridgehead atoms. The molecule has 5 heteroatoms. The van der Waals surface area contributed by atoms with Crippen LogP contribution >= 0.6 is 8.09 Å². The Bertz CT molecular complexity index is 272. The highest BCUT2D eigenvalue weighted by Gasteiger charge is 2.72. The van der Waals surface area contributed by atoms with E-state index in [-0.39, 0.29) is 16.7 Å². The summed E-state index contributed by atoms with van der Waals surface area (Å²) in [6.07, 6.45) is 0. The fourth-order valence-corrected chi connectivity index (χ4v) is 4.86. The summed E-state index contributed by atoms with van der Waals surface area (Å²) in [4.78, 5) is 0. The molecule has 0 atom stereocenters. The van der Waals surface area contributed by atoms with Crippen molar-refractivity contribution in [1.82, 2.24) is 5.09 Å². The van der Waals surface area contributed by atoms with Gasteiger partial charge in [-0.3, -0.25) is 0 Å². The molecule has 2 saturated heterocycles. The van der Waals surface area contributed by atoms with E-state index in [4.69, 9.17) is 13.6 Å². The van der Waals surface area contributed by atoms with Crippen LogP contribution in [0.1, 0.15) is 41.5 Å². The third-order valence-electron chi connectivity index (χ3n) is 3.18. The van der Waals surface area contributed by atoms with Gasteiger partial charge in [0.25, 0.3) is 0 Å². The van der Waals surface area contributed by atoms with E-state index in [1.807, 2.05) is 27.7 Å². The van der Waals surface area contributed by atoms with Crippen LogP contribution in [0.2, 0.25) is 0 Å². The van der Waals surface area contributed by atoms with Crippen molar-refractivity contribution in [3.05, 3.63) is 0 Å². The first-order valence-corrected chi connectivity index (χ1v) is 6.86. The van der Waals surface area contributed by atoms with Crippen LogP contribution in [0.3, 0.4) is 0 Å². The van der Waals surface area contributed by atoms with Gasteiger partial charge in [-0.05, 0) is 41.5 Å². The zero-order valence-corrected chi connectivity index (χ0v) is 11.3. The molecule has 88 valence electrons. The lowest BCUT2D eigenvalue weighted by atomic mass is 9.90. The average Bonchev–Trinajstić information content (AvgIpc) is 2.30. The molecule has 0 amide bonds. The van der Waals surface area contributed by atoms with E-state index in [0.29, 0.717) is 6.61 Å². The van der Waals surface area contributed by atoms with Crippen LogP contribution in [0, 0.1) is 0 Å². The second-order valence-electron chi connectivity index (χ2n) is 5.97. The minimum Gasteiger partial charge on any atom is -0.161 e. The Morgan fingerprint density at radius 1 is 0.933 bits per heavy atom. The summed E-state index contributed by atoms with van der Waals surface area (Å²) >= 11 is 0. The van der Waals surface area contributed by atoms with Gasteiger partial charge in [0.05, 0.1) is 5.54 Å². The van der Waals surface area contributed by atoms with Crippen LogP contribution in [-0.2, 0) is 13.6 Å². The number of hydrogen-bond acceptors (Lipinski definition) is 4. The molecule has 1 spiro atoms. The first-order valence-electron chi connectivity index (χ1n) is 5.32. The topological polar surface area (TPSA) is 39.7 Å². The third-order valence-corrected chi connectivity index (χ3v) is 5.92. The second kappa shape index (κ2) is 2.93. The zero-order chi connectivity index (χ0) is 11.5. The molecule has 0 aromatic carbocycles. The smallest absolute Gasteiger partial charge is 0.161 e.